The molecule has 0 aliphatic heterocycles. The molecule has 1 aromatic heterocycles. The first-order chi connectivity index (χ1) is 8.97. The number of benzene rings is 1. The number of hydrogen-bond donors (Lipinski definition) is 2. The molecule has 6 heteroatoms. The van der Waals surface area contributed by atoms with Gasteiger partial charge in [-0.15, -0.1) is 0 Å². The van der Waals surface area contributed by atoms with Crippen molar-refractivity contribution in [1.29, 1.82) is 0 Å². The van der Waals surface area contributed by atoms with E-state index in [2.05, 4.69) is 5.32 Å². The highest BCUT2D eigenvalue weighted by Crippen LogP contribution is 2.23. The van der Waals surface area contributed by atoms with E-state index in [1.54, 1.807) is 31.3 Å². The molecule has 2 aromatic rings. The topological polar surface area (TPSA) is 77.1 Å². The first kappa shape index (κ1) is 13.2. The predicted octanol–water partition coefficient (Wildman–Crippen LogP) is 1.87. The molecule has 19 heavy (non-hydrogen) atoms. The molecule has 5 nitrogen and oxygen atoms in total. The lowest BCUT2D eigenvalue weighted by Crippen LogP contribution is -2.20. The Balaban J connectivity index is 2.28. The van der Waals surface area contributed by atoms with Crippen molar-refractivity contribution in [3.63, 3.8) is 0 Å². The molecule has 2 rings (SSSR count). The number of carbonyl (C=O) groups is 1. The maximum Gasteiger partial charge on any atom is 0.255 e. The molecule has 0 aliphatic rings. The third kappa shape index (κ3) is 2.95. The monoisotopic (exact) mass is 277 g/mol. The summed E-state index contributed by atoms with van der Waals surface area (Å²) in [7, 11) is 1.61. The van der Waals surface area contributed by atoms with Crippen LogP contribution in [0.4, 0.5) is 11.4 Å². The van der Waals surface area contributed by atoms with Crippen molar-refractivity contribution in [1.82, 2.24) is 4.57 Å². The van der Waals surface area contributed by atoms with Crippen molar-refractivity contribution >= 4 is 28.9 Å². The van der Waals surface area contributed by atoms with Crippen LogP contribution in [0.2, 0.25) is 5.02 Å². The molecule has 0 saturated heterocycles. The second kappa shape index (κ2) is 5.16. The summed E-state index contributed by atoms with van der Waals surface area (Å²) in [5, 5.41) is 3.08. The molecule has 98 valence electrons. The maximum absolute atomic E-state index is 12.0. The van der Waals surface area contributed by atoms with Gasteiger partial charge in [0.15, 0.2) is 0 Å². The van der Waals surface area contributed by atoms with E-state index in [-0.39, 0.29) is 11.1 Å². The van der Waals surface area contributed by atoms with Crippen molar-refractivity contribution in [2.45, 2.75) is 0 Å². The Morgan fingerprint density at radius 1 is 1.32 bits per heavy atom. The van der Waals surface area contributed by atoms with Crippen LogP contribution in [0.25, 0.3) is 0 Å². The molecule has 1 amide bonds. The Hall–Kier alpha value is -2.27. The Morgan fingerprint density at radius 3 is 2.74 bits per heavy atom. The zero-order chi connectivity index (χ0) is 14.0. The summed E-state index contributed by atoms with van der Waals surface area (Å²) < 4.78 is 1.38. The molecule has 1 heterocycles. The quantitative estimate of drug-likeness (QED) is 0.823. The van der Waals surface area contributed by atoms with Crippen LogP contribution in [0, 0.1) is 0 Å². The number of aryl methyl sites for hydroxylation is 1. The minimum atomic E-state index is -0.410. The Morgan fingerprint density at radius 2 is 2.05 bits per heavy atom. The molecular formula is C13H12ClN3O2. The van der Waals surface area contributed by atoms with Crippen molar-refractivity contribution in [2.24, 2.45) is 7.05 Å². The lowest BCUT2D eigenvalue weighted by atomic mass is 10.2. The van der Waals surface area contributed by atoms with E-state index >= 15 is 0 Å². The van der Waals surface area contributed by atoms with Gasteiger partial charge in [0.25, 0.3) is 11.5 Å². The van der Waals surface area contributed by atoms with E-state index in [0.29, 0.717) is 16.4 Å². The molecule has 0 fully saturated rings. The van der Waals surface area contributed by atoms with Crippen molar-refractivity contribution in [3.05, 3.63) is 57.5 Å². The number of amides is 1. The van der Waals surface area contributed by atoms with Crippen molar-refractivity contribution < 1.29 is 4.79 Å². The number of pyridine rings is 1. The van der Waals surface area contributed by atoms with E-state index in [0.717, 1.165) is 0 Å². The van der Waals surface area contributed by atoms with E-state index in [1.165, 1.54) is 16.8 Å². The van der Waals surface area contributed by atoms with Crippen LogP contribution >= 0.6 is 11.6 Å². The molecule has 0 aliphatic carbocycles. The van der Waals surface area contributed by atoms with Gasteiger partial charge in [0.1, 0.15) is 0 Å². The Kier molecular flexibility index (Phi) is 3.57. The molecule has 0 spiro atoms. The van der Waals surface area contributed by atoms with Gasteiger partial charge in [-0.3, -0.25) is 9.59 Å². The summed E-state index contributed by atoms with van der Waals surface area (Å²) in [5.41, 5.74) is 6.56. The Labute approximate surface area is 114 Å². The molecule has 0 unspecified atom stereocenters. The van der Waals surface area contributed by atoms with Crippen LogP contribution in [0.3, 0.4) is 0 Å². The van der Waals surface area contributed by atoms with Gasteiger partial charge >= 0.3 is 0 Å². The van der Waals surface area contributed by atoms with Gasteiger partial charge in [-0.05, 0) is 24.3 Å². The lowest BCUT2D eigenvalue weighted by Gasteiger charge is -2.08. The number of aromatic nitrogens is 1. The fraction of sp³-hybridized carbons (Fsp3) is 0.0769. The zero-order valence-corrected chi connectivity index (χ0v) is 10.9. The van der Waals surface area contributed by atoms with Gasteiger partial charge in [0.2, 0.25) is 0 Å². The second-order valence-corrected chi connectivity index (χ2v) is 4.49. The second-order valence-electron chi connectivity index (χ2n) is 4.05. The van der Waals surface area contributed by atoms with Gasteiger partial charge in [-0.25, -0.2) is 0 Å². The van der Waals surface area contributed by atoms with E-state index in [4.69, 9.17) is 17.3 Å². The molecule has 0 saturated carbocycles. The fourth-order valence-electron chi connectivity index (χ4n) is 1.52. The zero-order valence-electron chi connectivity index (χ0n) is 10.2. The van der Waals surface area contributed by atoms with Crippen LogP contribution in [-0.2, 0) is 7.05 Å². The van der Waals surface area contributed by atoms with E-state index in [9.17, 15) is 9.59 Å². The number of rotatable bonds is 2. The molecule has 3 N–H and O–H groups in total. The third-order valence-corrected chi connectivity index (χ3v) is 2.87. The number of nitrogens with zero attached hydrogens (tertiary/aromatic N) is 1. The van der Waals surface area contributed by atoms with Crippen LogP contribution in [0.1, 0.15) is 10.4 Å². The summed E-state index contributed by atoms with van der Waals surface area (Å²) >= 11 is 5.83. The summed E-state index contributed by atoms with van der Waals surface area (Å²) in [5.74, 6) is -0.410. The van der Waals surface area contributed by atoms with Gasteiger partial charge < -0.3 is 15.6 Å². The number of anilines is 2. The van der Waals surface area contributed by atoms with Crippen molar-refractivity contribution in [3.8, 4) is 0 Å². The highest BCUT2D eigenvalue weighted by molar-refractivity contribution is 6.31. The summed E-state index contributed by atoms with van der Waals surface area (Å²) in [6.45, 7) is 0. The molecule has 0 atom stereocenters. The maximum atomic E-state index is 12.0. The van der Waals surface area contributed by atoms with E-state index in [1.807, 2.05) is 0 Å². The number of halogens is 1. The molecular weight excluding hydrogens is 266 g/mol. The fourth-order valence-corrected chi connectivity index (χ4v) is 1.69. The molecule has 0 radical (unpaired) electrons. The predicted molar refractivity (Wildman–Crippen MR) is 75.5 cm³/mol. The largest absolute Gasteiger partial charge is 0.397 e. The number of nitrogens with one attached hydrogen (secondary N) is 1. The molecule has 0 bridgehead atoms. The lowest BCUT2D eigenvalue weighted by molar-refractivity contribution is 0.102. The number of hydrogen-bond acceptors (Lipinski definition) is 3. The summed E-state index contributed by atoms with van der Waals surface area (Å²) in [4.78, 5) is 23.4. The van der Waals surface area contributed by atoms with Gasteiger partial charge in [0.05, 0.1) is 11.4 Å². The average molecular weight is 278 g/mol. The SMILES string of the molecule is Cn1ccc(C(=O)Nc2cc(Cl)ccc2N)cc1=O. The highest BCUT2D eigenvalue weighted by atomic mass is 35.5. The van der Waals surface area contributed by atoms with E-state index < -0.39 is 5.91 Å². The standard InChI is InChI=1S/C13H12ClN3O2/c1-17-5-4-8(6-12(17)18)13(19)16-11-7-9(14)2-3-10(11)15/h2-7H,15H2,1H3,(H,16,19). The first-order valence-corrected chi connectivity index (χ1v) is 5.88. The Bertz CT molecular complexity index is 695. The van der Waals surface area contributed by atoms with Gasteiger partial charge in [-0.1, -0.05) is 11.6 Å². The minimum absolute atomic E-state index is 0.258. The molecule has 1 aromatic carbocycles. The van der Waals surface area contributed by atoms with Crippen LogP contribution in [-0.4, -0.2) is 10.5 Å². The number of nitrogens with two attached hydrogens (primary N) is 1. The minimum Gasteiger partial charge on any atom is -0.397 e. The number of carbonyl (C=O) groups excluding carboxylic acids is 1. The number of nitrogen functional groups attached to an aromatic ring is 1. The highest BCUT2D eigenvalue weighted by Gasteiger charge is 2.09. The normalized spacial score (nSPS) is 10.2. The first-order valence-electron chi connectivity index (χ1n) is 5.50. The third-order valence-electron chi connectivity index (χ3n) is 2.63. The average Bonchev–Trinajstić information content (AvgIpc) is 2.37. The summed E-state index contributed by atoms with van der Waals surface area (Å²) in [6, 6.07) is 7.59. The van der Waals surface area contributed by atoms with Crippen LogP contribution < -0.4 is 16.6 Å². The van der Waals surface area contributed by atoms with Crippen LogP contribution in [0.5, 0.6) is 0 Å². The van der Waals surface area contributed by atoms with Crippen molar-refractivity contribution in [2.75, 3.05) is 11.1 Å². The summed E-state index contributed by atoms with van der Waals surface area (Å²) in [6.07, 6.45) is 1.53. The van der Waals surface area contributed by atoms with Crippen LogP contribution in [0.15, 0.2) is 41.3 Å². The van der Waals surface area contributed by atoms with Gasteiger partial charge in [-0.2, -0.15) is 0 Å². The van der Waals surface area contributed by atoms with Gasteiger partial charge in [0, 0.05) is 29.9 Å². The smallest absolute Gasteiger partial charge is 0.255 e.